The van der Waals surface area contributed by atoms with Gasteiger partial charge in [-0.15, -0.1) is 10.2 Å². The van der Waals surface area contributed by atoms with Gasteiger partial charge in [-0.3, -0.25) is 14.4 Å². The van der Waals surface area contributed by atoms with Crippen molar-refractivity contribution in [1.82, 2.24) is 29.9 Å². The number of carbonyl (C=O) groups is 3. The Hall–Kier alpha value is -3.23. The number of nitrogens with one attached hydrogen (secondary N) is 1. The first kappa shape index (κ1) is 24.5. The van der Waals surface area contributed by atoms with Gasteiger partial charge in [0.25, 0.3) is 0 Å². The minimum absolute atomic E-state index is 0.0166. The lowest BCUT2D eigenvalue weighted by molar-refractivity contribution is -0.138. The van der Waals surface area contributed by atoms with Crippen molar-refractivity contribution in [1.29, 1.82) is 0 Å². The molecule has 1 aliphatic carbocycles. The maximum absolute atomic E-state index is 13.1. The fraction of sp³-hybridized carbons (Fsp3) is 0.593. The molecule has 1 aromatic heterocycles. The Morgan fingerprint density at radius 3 is 2.61 bits per heavy atom. The average Bonchev–Trinajstić information content (AvgIpc) is 3.39. The molecule has 0 radical (unpaired) electrons. The van der Waals surface area contributed by atoms with E-state index in [1.54, 1.807) is 4.90 Å². The van der Waals surface area contributed by atoms with Crippen molar-refractivity contribution in [2.45, 2.75) is 63.8 Å². The van der Waals surface area contributed by atoms with E-state index in [0.29, 0.717) is 52.0 Å². The van der Waals surface area contributed by atoms with Gasteiger partial charge in [0.05, 0.1) is 6.54 Å². The van der Waals surface area contributed by atoms with Crippen molar-refractivity contribution in [3.05, 3.63) is 47.5 Å². The first-order chi connectivity index (χ1) is 17.6. The van der Waals surface area contributed by atoms with Gasteiger partial charge in [0, 0.05) is 63.8 Å². The van der Waals surface area contributed by atoms with Gasteiger partial charge in [-0.25, -0.2) is 0 Å². The van der Waals surface area contributed by atoms with Crippen LogP contribution in [0.2, 0.25) is 0 Å². The molecule has 0 bridgehead atoms. The lowest BCUT2D eigenvalue weighted by Crippen LogP contribution is -2.42. The first-order valence-corrected chi connectivity index (χ1v) is 13.4. The zero-order valence-electron chi connectivity index (χ0n) is 20.9. The molecular weight excluding hydrogens is 456 g/mol. The largest absolute Gasteiger partial charge is 0.355 e. The zero-order chi connectivity index (χ0) is 24.9. The van der Waals surface area contributed by atoms with Gasteiger partial charge in [-0.2, -0.15) is 0 Å². The highest BCUT2D eigenvalue weighted by Crippen LogP contribution is 2.28. The molecule has 3 heterocycles. The quantitative estimate of drug-likeness (QED) is 0.637. The summed E-state index contributed by atoms with van der Waals surface area (Å²) in [5.41, 5.74) is 1.15. The smallest absolute Gasteiger partial charge is 0.242 e. The van der Waals surface area contributed by atoms with E-state index in [9.17, 15) is 14.4 Å². The molecule has 3 aliphatic rings. The van der Waals surface area contributed by atoms with E-state index in [-0.39, 0.29) is 36.1 Å². The van der Waals surface area contributed by atoms with E-state index >= 15 is 0 Å². The third-order valence-electron chi connectivity index (χ3n) is 7.89. The normalized spacial score (nSPS) is 20.8. The number of aromatic nitrogens is 3. The molecule has 1 unspecified atom stereocenters. The minimum atomic E-state index is -0.0166. The number of hydrogen-bond acceptors (Lipinski definition) is 5. The SMILES string of the molecule is O=C(NCCc1nnc2n1CCN(C(=O)CN1CC(c3ccccc3)CC1=O)CC2)C1CCCCC1. The van der Waals surface area contributed by atoms with Gasteiger partial charge in [0.15, 0.2) is 0 Å². The Kier molecular flexibility index (Phi) is 7.63. The second-order valence-corrected chi connectivity index (χ2v) is 10.3. The highest BCUT2D eigenvalue weighted by Gasteiger charge is 2.33. The summed E-state index contributed by atoms with van der Waals surface area (Å²) in [6, 6.07) is 10.0. The molecule has 1 aromatic carbocycles. The van der Waals surface area contributed by atoms with Crippen molar-refractivity contribution >= 4 is 17.7 Å². The molecule has 1 atom stereocenters. The van der Waals surface area contributed by atoms with Crippen molar-refractivity contribution < 1.29 is 14.4 Å². The molecule has 2 aliphatic heterocycles. The third-order valence-corrected chi connectivity index (χ3v) is 7.89. The lowest BCUT2D eigenvalue weighted by atomic mass is 9.89. The Balaban J connectivity index is 1.11. The monoisotopic (exact) mass is 492 g/mol. The van der Waals surface area contributed by atoms with E-state index in [2.05, 4.69) is 20.1 Å². The lowest BCUT2D eigenvalue weighted by Gasteiger charge is -2.24. The molecule has 192 valence electrons. The Labute approximate surface area is 212 Å². The van der Waals surface area contributed by atoms with Crippen LogP contribution in [0.3, 0.4) is 0 Å². The van der Waals surface area contributed by atoms with Crippen LogP contribution in [-0.2, 0) is 33.8 Å². The molecule has 2 aromatic rings. The fourth-order valence-corrected chi connectivity index (χ4v) is 5.76. The standard InChI is InChI=1S/C27H36N6O3/c34-25-17-22(20-7-3-1-4-8-20)18-32(25)19-26(35)31-14-12-24-30-29-23(33(24)16-15-31)11-13-28-27(36)21-9-5-2-6-10-21/h1,3-4,7-8,21-22H,2,5-6,9-19H2,(H,28,36). The topological polar surface area (TPSA) is 100 Å². The number of likely N-dealkylation sites (tertiary alicyclic amines) is 1. The highest BCUT2D eigenvalue weighted by atomic mass is 16.2. The van der Waals surface area contributed by atoms with Crippen LogP contribution < -0.4 is 5.32 Å². The predicted octanol–water partition coefficient (Wildman–Crippen LogP) is 1.92. The van der Waals surface area contributed by atoms with Crippen LogP contribution in [0.4, 0.5) is 0 Å². The molecule has 3 amide bonds. The van der Waals surface area contributed by atoms with Crippen LogP contribution in [0, 0.1) is 5.92 Å². The van der Waals surface area contributed by atoms with Crippen LogP contribution in [0.5, 0.6) is 0 Å². The van der Waals surface area contributed by atoms with E-state index in [1.165, 1.54) is 6.42 Å². The molecule has 1 saturated heterocycles. The van der Waals surface area contributed by atoms with Gasteiger partial charge >= 0.3 is 0 Å². The number of hydrogen-bond donors (Lipinski definition) is 1. The average molecular weight is 493 g/mol. The van der Waals surface area contributed by atoms with Crippen LogP contribution in [-0.4, -0.2) is 75.0 Å². The Morgan fingerprint density at radius 1 is 1.00 bits per heavy atom. The van der Waals surface area contributed by atoms with Gasteiger partial charge in [-0.1, -0.05) is 49.6 Å². The van der Waals surface area contributed by atoms with Crippen LogP contribution in [0.15, 0.2) is 30.3 Å². The molecule has 9 heteroatoms. The minimum Gasteiger partial charge on any atom is -0.355 e. The molecule has 36 heavy (non-hydrogen) atoms. The van der Waals surface area contributed by atoms with Gasteiger partial charge in [0.1, 0.15) is 11.6 Å². The summed E-state index contributed by atoms with van der Waals surface area (Å²) in [4.78, 5) is 41.6. The summed E-state index contributed by atoms with van der Waals surface area (Å²) in [5.74, 6) is 2.21. The molecule has 5 rings (SSSR count). The second-order valence-electron chi connectivity index (χ2n) is 10.3. The first-order valence-electron chi connectivity index (χ1n) is 13.4. The summed E-state index contributed by atoms with van der Waals surface area (Å²) >= 11 is 0. The van der Waals surface area contributed by atoms with E-state index in [1.807, 2.05) is 35.2 Å². The van der Waals surface area contributed by atoms with Gasteiger partial charge in [0.2, 0.25) is 17.7 Å². The number of fused-ring (bicyclic) bond motifs is 1. The van der Waals surface area contributed by atoms with Crippen LogP contribution in [0.25, 0.3) is 0 Å². The van der Waals surface area contributed by atoms with Crippen LogP contribution in [0.1, 0.15) is 61.7 Å². The van der Waals surface area contributed by atoms with Gasteiger partial charge < -0.3 is 19.7 Å². The number of carbonyl (C=O) groups excluding carboxylic acids is 3. The van der Waals surface area contributed by atoms with E-state index < -0.39 is 0 Å². The molecule has 1 N–H and O–H groups in total. The number of rotatable bonds is 7. The van der Waals surface area contributed by atoms with E-state index in [0.717, 1.165) is 42.9 Å². The zero-order valence-corrected chi connectivity index (χ0v) is 20.9. The molecule has 0 spiro atoms. The predicted molar refractivity (Wildman–Crippen MR) is 134 cm³/mol. The summed E-state index contributed by atoms with van der Waals surface area (Å²) in [5, 5.41) is 11.8. The van der Waals surface area contributed by atoms with Crippen molar-refractivity contribution in [2.75, 3.05) is 32.7 Å². The Bertz CT molecular complexity index is 1080. The van der Waals surface area contributed by atoms with E-state index in [4.69, 9.17) is 0 Å². The second kappa shape index (κ2) is 11.2. The highest BCUT2D eigenvalue weighted by molar-refractivity contribution is 5.86. The summed E-state index contributed by atoms with van der Waals surface area (Å²) in [6.07, 6.45) is 7.22. The summed E-state index contributed by atoms with van der Waals surface area (Å²) in [6.45, 7) is 3.03. The number of amides is 3. The summed E-state index contributed by atoms with van der Waals surface area (Å²) in [7, 11) is 0. The summed E-state index contributed by atoms with van der Waals surface area (Å²) < 4.78 is 2.09. The third kappa shape index (κ3) is 5.60. The maximum atomic E-state index is 13.1. The Morgan fingerprint density at radius 2 is 1.81 bits per heavy atom. The van der Waals surface area contributed by atoms with Crippen molar-refractivity contribution in [2.24, 2.45) is 5.92 Å². The molecule has 9 nitrogen and oxygen atoms in total. The molecular formula is C27H36N6O3. The molecule has 2 fully saturated rings. The number of benzene rings is 1. The molecule has 1 saturated carbocycles. The maximum Gasteiger partial charge on any atom is 0.242 e. The van der Waals surface area contributed by atoms with Crippen LogP contribution >= 0.6 is 0 Å². The fourth-order valence-electron chi connectivity index (χ4n) is 5.76. The van der Waals surface area contributed by atoms with Gasteiger partial charge in [-0.05, 0) is 18.4 Å². The van der Waals surface area contributed by atoms with Crippen molar-refractivity contribution in [3.8, 4) is 0 Å². The number of nitrogens with zero attached hydrogens (tertiary/aromatic N) is 5. The van der Waals surface area contributed by atoms with Crippen molar-refractivity contribution in [3.63, 3.8) is 0 Å².